The quantitative estimate of drug-likeness (QED) is 0.872. The van der Waals surface area contributed by atoms with Crippen molar-refractivity contribution in [1.29, 1.82) is 0 Å². The zero-order chi connectivity index (χ0) is 11.5. The molecule has 0 aromatic carbocycles. The molecule has 1 unspecified atom stereocenters. The first-order valence-electron chi connectivity index (χ1n) is 4.95. The number of pyridine rings is 1. The summed E-state index contributed by atoms with van der Waals surface area (Å²) < 4.78 is 1.91. The monoisotopic (exact) mass is 347 g/mol. The van der Waals surface area contributed by atoms with Crippen molar-refractivity contribution in [3.8, 4) is 0 Å². The Morgan fingerprint density at radius 3 is 3.00 bits per heavy atom. The minimum atomic E-state index is 0.111. The third-order valence-electron chi connectivity index (χ3n) is 2.42. The number of carbonyl (C=O) groups is 1. The van der Waals surface area contributed by atoms with Crippen LogP contribution in [0.1, 0.15) is 12.1 Å². The number of rotatable bonds is 3. The van der Waals surface area contributed by atoms with Gasteiger partial charge in [0.05, 0.1) is 5.69 Å². The second kappa shape index (κ2) is 5.25. The topological polar surface area (TPSA) is 54.0 Å². The van der Waals surface area contributed by atoms with Crippen LogP contribution in [0.5, 0.6) is 0 Å². The van der Waals surface area contributed by atoms with Gasteiger partial charge in [-0.05, 0) is 37.9 Å². The number of nitrogens with zero attached hydrogens (tertiary/aromatic N) is 1. The van der Waals surface area contributed by atoms with Crippen molar-refractivity contribution in [3.63, 3.8) is 0 Å². The van der Waals surface area contributed by atoms with E-state index in [2.05, 4.69) is 47.5 Å². The van der Waals surface area contributed by atoms with E-state index in [0.29, 0.717) is 19.5 Å². The predicted octanol–water partition coefficient (Wildman–Crippen LogP) is 1.58. The lowest BCUT2D eigenvalue weighted by molar-refractivity contribution is -0.119. The van der Waals surface area contributed by atoms with Crippen LogP contribution >= 0.6 is 31.9 Å². The Hall–Kier alpha value is -0.460. The van der Waals surface area contributed by atoms with E-state index in [1.165, 1.54) is 0 Å². The maximum atomic E-state index is 11.0. The van der Waals surface area contributed by atoms with Gasteiger partial charge in [0.15, 0.2) is 0 Å². The van der Waals surface area contributed by atoms with E-state index >= 15 is 0 Å². The lowest BCUT2D eigenvalue weighted by atomic mass is 10.2. The van der Waals surface area contributed by atoms with Crippen LogP contribution in [0.2, 0.25) is 0 Å². The van der Waals surface area contributed by atoms with E-state index in [0.717, 1.165) is 14.6 Å². The molecule has 2 N–H and O–H groups in total. The summed E-state index contributed by atoms with van der Waals surface area (Å²) in [5, 5.41) is 6.09. The number of nitrogens with one attached hydrogen (secondary N) is 2. The first-order valence-corrected chi connectivity index (χ1v) is 6.54. The van der Waals surface area contributed by atoms with Crippen LogP contribution in [0.3, 0.4) is 0 Å². The summed E-state index contributed by atoms with van der Waals surface area (Å²) in [6, 6.07) is 2.17. The van der Waals surface area contributed by atoms with E-state index in [1.54, 1.807) is 6.20 Å². The molecular formula is C10H11Br2N3O. The van der Waals surface area contributed by atoms with E-state index in [9.17, 15) is 4.79 Å². The lowest BCUT2D eigenvalue weighted by Gasteiger charge is -2.10. The summed E-state index contributed by atoms with van der Waals surface area (Å²) in [6.07, 6.45) is 2.31. The van der Waals surface area contributed by atoms with Crippen molar-refractivity contribution in [1.82, 2.24) is 15.6 Å². The second-order valence-electron chi connectivity index (χ2n) is 3.67. The van der Waals surface area contributed by atoms with E-state index in [-0.39, 0.29) is 11.9 Å². The Balaban J connectivity index is 1.92. The molecule has 0 bridgehead atoms. The predicted molar refractivity (Wildman–Crippen MR) is 67.9 cm³/mol. The summed E-state index contributed by atoms with van der Waals surface area (Å²) in [4.78, 5) is 15.3. The Morgan fingerprint density at radius 2 is 2.38 bits per heavy atom. The zero-order valence-corrected chi connectivity index (χ0v) is 11.6. The van der Waals surface area contributed by atoms with Crippen LogP contribution in [0, 0.1) is 0 Å². The van der Waals surface area contributed by atoms with Gasteiger partial charge in [-0.3, -0.25) is 9.78 Å². The van der Waals surface area contributed by atoms with E-state index < -0.39 is 0 Å². The maximum Gasteiger partial charge on any atom is 0.221 e. The summed E-state index contributed by atoms with van der Waals surface area (Å²) in [5.41, 5.74) is 0.947. The average Bonchev–Trinajstić information content (AvgIpc) is 2.63. The molecule has 1 aromatic rings. The van der Waals surface area contributed by atoms with Gasteiger partial charge in [0, 0.05) is 40.7 Å². The first-order chi connectivity index (χ1) is 7.65. The Bertz CT molecular complexity index is 411. The molecule has 1 aromatic heterocycles. The molecule has 86 valence electrons. The van der Waals surface area contributed by atoms with Gasteiger partial charge in [-0.25, -0.2) is 0 Å². The molecule has 6 heteroatoms. The fourth-order valence-corrected chi connectivity index (χ4v) is 2.69. The zero-order valence-electron chi connectivity index (χ0n) is 8.46. The number of hydrogen-bond donors (Lipinski definition) is 2. The standard InChI is InChI=1S/C10H11Br2N3O/c11-6-1-8(12)9(14-3-6)5-13-7-2-10(16)15-4-7/h1,3,7,13H,2,4-5H2,(H,15,16). The molecule has 1 aliphatic heterocycles. The number of carbonyl (C=O) groups excluding carboxylic acids is 1. The molecule has 16 heavy (non-hydrogen) atoms. The van der Waals surface area contributed by atoms with Crippen molar-refractivity contribution in [2.75, 3.05) is 6.54 Å². The molecule has 2 heterocycles. The summed E-state index contributed by atoms with van der Waals surface area (Å²) in [6.45, 7) is 1.36. The summed E-state index contributed by atoms with van der Waals surface area (Å²) >= 11 is 6.81. The van der Waals surface area contributed by atoms with Gasteiger partial charge in [-0.1, -0.05) is 0 Å². The van der Waals surface area contributed by atoms with Gasteiger partial charge < -0.3 is 10.6 Å². The third kappa shape index (κ3) is 3.02. The molecule has 4 nitrogen and oxygen atoms in total. The van der Waals surface area contributed by atoms with Crippen LogP contribution in [-0.4, -0.2) is 23.5 Å². The Kier molecular flexibility index (Phi) is 3.94. The number of hydrogen-bond acceptors (Lipinski definition) is 3. The normalized spacial score (nSPS) is 19.9. The SMILES string of the molecule is O=C1CC(NCc2ncc(Br)cc2Br)CN1. The molecule has 0 spiro atoms. The molecular weight excluding hydrogens is 338 g/mol. The maximum absolute atomic E-state index is 11.0. The molecule has 1 atom stereocenters. The highest BCUT2D eigenvalue weighted by atomic mass is 79.9. The smallest absolute Gasteiger partial charge is 0.221 e. The molecule has 1 fully saturated rings. The highest BCUT2D eigenvalue weighted by molar-refractivity contribution is 9.11. The minimum Gasteiger partial charge on any atom is -0.354 e. The Labute approximate surface area is 110 Å². The summed E-state index contributed by atoms with van der Waals surface area (Å²) in [7, 11) is 0. The second-order valence-corrected chi connectivity index (χ2v) is 5.44. The van der Waals surface area contributed by atoms with Crippen LogP contribution in [0.25, 0.3) is 0 Å². The Morgan fingerprint density at radius 1 is 1.56 bits per heavy atom. The first kappa shape index (κ1) is 12.0. The fraction of sp³-hybridized carbons (Fsp3) is 0.400. The molecule has 1 aliphatic rings. The minimum absolute atomic E-state index is 0.111. The van der Waals surface area contributed by atoms with Crippen LogP contribution in [0.15, 0.2) is 21.2 Å². The van der Waals surface area contributed by atoms with Crippen molar-refractivity contribution < 1.29 is 4.79 Å². The van der Waals surface area contributed by atoms with Crippen molar-refractivity contribution in [2.45, 2.75) is 19.0 Å². The van der Waals surface area contributed by atoms with E-state index in [1.807, 2.05) is 6.07 Å². The van der Waals surface area contributed by atoms with Crippen molar-refractivity contribution in [3.05, 3.63) is 26.9 Å². The molecule has 0 saturated carbocycles. The van der Waals surface area contributed by atoms with Crippen molar-refractivity contribution >= 4 is 37.8 Å². The molecule has 2 rings (SSSR count). The molecule has 1 amide bonds. The van der Waals surface area contributed by atoms with Gasteiger partial charge in [-0.2, -0.15) is 0 Å². The van der Waals surface area contributed by atoms with Crippen LogP contribution in [-0.2, 0) is 11.3 Å². The highest BCUT2D eigenvalue weighted by Gasteiger charge is 2.20. The van der Waals surface area contributed by atoms with Crippen molar-refractivity contribution in [2.24, 2.45) is 0 Å². The van der Waals surface area contributed by atoms with Crippen LogP contribution in [0.4, 0.5) is 0 Å². The molecule has 0 aliphatic carbocycles. The fourth-order valence-electron chi connectivity index (χ4n) is 1.56. The molecule has 1 saturated heterocycles. The van der Waals surface area contributed by atoms with Crippen LogP contribution < -0.4 is 10.6 Å². The van der Waals surface area contributed by atoms with Gasteiger partial charge in [0.25, 0.3) is 0 Å². The van der Waals surface area contributed by atoms with Gasteiger partial charge in [-0.15, -0.1) is 0 Å². The number of aromatic nitrogens is 1. The summed E-state index contributed by atoms with van der Waals surface area (Å²) in [5.74, 6) is 0.111. The largest absolute Gasteiger partial charge is 0.354 e. The highest BCUT2D eigenvalue weighted by Crippen LogP contribution is 2.19. The van der Waals surface area contributed by atoms with E-state index in [4.69, 9.17) is 0 Å². The van der Waals surface area contributed by atoms with Gasteiger partial charge in [0.1, 0.15) is 0 Å². The van der Waals surface area contributed by atoms with Gasteiger partial charge >= 0.3 is 0 Å². The molecule has 0 radical (unpaired) electrons. The van der Waals surface area contributed by atoms with Gasteiger partial charge in [0.2, 0.25) is 5.91 Å². The number of amides is 1. The number of halogens is 2. The third-order valence-corrected chi connectivity index (χ3v) is 3.54. The average molecular weight is 349 g/mol. The lowest BCUT2D eigenvalue weighted by Crippen LogP contribution is -2.30.